The summed E-state index contributed by atoms with van der Waals surface area (Å²) in [6.07, 6.45) is 5.75. The largest absolute Gasteiger partial charge is 0.361 e. The Labute approximate surface area is 182 Å². The van der Waals surface area contributed by atoms with Crippen LogP contribution in [0, 0.1) is 10.1 Å². The fourth-order valence-electron chi connectivity index (χ4n) is 4.57. The third-order valence-corrected chi connectivity index (χ3v) is 8.21. The average Bonchev–Trinajstić information content (AvgIpc) is 3.08. The Morgan fingerprint density at radius 2 is 1.71 bits per heavy atom. The van der Waals surface area contributed by atoms with Gasteiger partial charge in [0.25, 0.3) is 5.69 Å². The van der Waals surface area contributed by atoms with E-state index in [0.717, 1.165) is 36.9 Å². The summed E-state index contributed by atoms with van der Waals surface area (Å²) in [6, 6.07) is 11.8. The molecule has 1 fully saturated rings. The van der Waals surface area contributed by atoms with Crippen molar-refractivity contribution in [2.45, 2.75) is 62.0 Å². The lowest BCUT2D eigenvalue weighted by Crippen LogP contribution is -2.40. The average molecular weight is 445 g/mol. The maximum Gasteiger partial charge on any atom is 0.271 e. The van der Waals surface area contributed by atoms with E-state index in [1.807, 2.05) is 19.1 Å². The van der Waals surface area contributed by atoms with Crippen molar-refractivity contribution in [3.05, 3.63) is 58.1 Å². The molecule has 2 N–H and O–H groups in total. The standard InChI is InChI=1S/C22H28N4O4S/c1-22(23-20-13-10-18(26(27)28)14-21(20)24-22)15-16-8-11-19(12-9-16)31(29,30)25(2)17-6-4-3-5-7-17/h8-14,17,23-24H,3-7,15H2,1-2H3. The van der Waals surface area contributed by atoms with Crippen molar-refractivity contribution < 1.29 is 13.3 Å². The molecule has 2 aromatic rings. The molecule has 1 atom stereocenters. The number of rotatable bonds is 6. The number of non-ortho nitro benzene ring substituents is 1. The van der Waals surface area contributed by atoms with Crippen LogP contribution in [0.25, 0.3) is 0 Å². The van der Waals surface area contributed by atoms with Crippen LogP contribution in [0.1, 0.15) is 44.6 Å². The highest BCUT2D eigenvalue weighted by atomic mass is 32.2. The fraction of sp³-hybridized carbons (Fsp3) is 0.455. The number of hydrogen-bond acceptors (Lipinski definition) is 6. The summed E-state index contributed by atoms with van der Waals surface area (Å²) in [7, 11) is -1.83. The molecule has 1 heterocycles. The van der Waals surface area contributed by atoms with Crippen LogP contribution in [-0.4, -0.2) is 36.4 Å². The number of fused-ring (bicyclic) bond motifs is 1. The molecule has 0 bridgehead atoms. The molecule has 1 aliphatic heterocycles. The van der Waals surface area contributed by atoms with E-state index < -0.39 is 20.6 Å². The summed E-state index contributed by atoms with van der Waals surface area (Å²) in [5.41, 5.74) is 1.96. The van der Waals surface area contributed by atoms with E-state index >= 15 is 0 Å². The highest BCUT2D eigenvalue weighted by molar-refractivity contribution is 7.89. The van der Waals surface area contributed by atoms with Crippen LogP contribution in [0.4, 0.5) is 17.1 Å². The van der Waals surface area contributed by atoms with Crippen molar-refractivity contribution in [3.8, 4) is 0 Å². The molecular weight excluding hydrogens is 416 g/mol. The van der Waals surface area contributed by atoms with Crippen LogP contribution in [0.15, 0.2) is 47.4 Å². The van der Waals surface area contributed by atoms with Crippen LogP contribution < -0.4 is 10.6 Å². The Morgan fingerprint density at radius 1 is 1.06 bits per heavy atom. The highest BCUT2D eigenvalue weighted by Gasteiger charge is 2.33. The Hall–Kier alpha value is -2.65. The Kier molecular flexibility index (Phi) is 5.65. The first-order chi connectivity index (χ1) is 14.7. The minimum Gasteiger partial charge on any atom is -0.361 e. The molecule has 0 saturated heterocycles. The van der Waals surface area contributed by atoms with Gasteiger partial charge >= 0.3 is 0 Å². The van der Waals surface area contributed by atoms with Crippen LogP contribution in [0.5, 0.6) is 0 Å². The second-order valence-corrected chi connectivity index (χ2v) is 10.7. The maximum absolute atomic E-state index is 13.0. The van der Waals surface area contributed by atoms with E-state index in [2.05, 4.69) is 10.6 Å². The zero-order valence-corrected chi connectivity index (χ0v) is 18.6. The van der Waals surface area contributed by atoms with E-state index in [1.54, 1.807) is 25.2 Å². The molecule has 0 spiro atoms. The van der Waals surface area contributed by atoms with Gasteiger partial charge in [-0.1, -0.05) is 31.4 Å². The molecule has 0 amide bonds. The second-order valence-electron chi connectivity index (χ2n) is 8.70. The van der Waals surface area contributed by atoms with E-state index in [0.29, 0.717) is 17.0 Å². The molecule has 1 saturated carbocycles. The third kappa shape index (κ3) is 4.38. The molecule has 9 heteroatoms. The molecule has 8 nitrogen and oxygen atoms in total. The molecule has 166 valence electrons. The van der Waals surface area contributed by atoms with E-state index in [-0.39, 0.29) is 11.7 Å². The van der Waals surface area contributed by atoms with Crippen LogP contribution in [0.3, 0.4) is 0 Å². The summed E-state index contributed by atoms with van der Waals surface area (Å²) < 4.78 is 27.6. The van der Waals surface area contributed by atoms with Gasteiger partial charge in [0.2, 0.25) is 10.0 Å². The molecule has 1 unspecified atom stereocenters. The molecule has 0 radical (unpaired) electrons. The third-order valence-electron chi connectivity index (χ3n) is 6.28. The van der Waals surface area contributed by atoms with Crippen LogP contribution in [-0.2, 0) is 16.4 Å². The number of nitro benzene ring substituents is 1. The minimum absolute atomic E-state index is 0.0361. The molecule has 31 heavy (non-hydrogen) atoms. The lowest BCUT2D eigenvalue weighted by molar-refractivity contribution is -0.384. The van der Waals surface area contributed by atoms with Gasteiger partial charge in [-0.3, -0.25) is 10.1 Å². The zero-order chi connectivity index (χ0) is 22.2. The van der Waals surface area contributed by atoms with Crippen LogP contribution >= 0.6 is 0 Å². The van der Waals surface area contributed by atoms with Crippen molar-refractivity contribution in [2.75, 3.05) is 17.7 Å². The number of benzene rings is 2. The molecular formula is C22H28N4O4S. The van der Waals surface area contributed by atoms with Gasteiger partial charge in [-0.15, -0.1) is 0 Å². The summed E-state index contributed by atoms with van der Waals surface area (Å²) in [5.74, 6) is 0. The Morgan fingerprint density at radius 3 is 2.35 bits per heavy atom. The van der Waals surface area contributed by atoms with Crippen molar-refractivity contribution in [2.24, 2.45) is 0 Å². The number of nitro groups is 1. The SMILES string of the molecule is CN(C1CCCCC1)S(=O)(=O)c1ccc(CC2(C)Nc3ccc([N+](=O)[O-])cc3N2)cc1. The second kappa shape index (κ2) is 8.12. The predicted molar refractivity (Wildman–Crippen MR) is 121 cm³/mol. The summed E-state index contributed by atoms with van der Waals surface area (Å²) >= 11 is 0. The minimum atomic E-state index is -3.52. The van der Waals surface area contributed by atoms with Gasteiger partial charge in [0.15, 0.2) is 0 Å². The van der Waals surface area contributed by atoms with Gasteiger partial charge in [-0.2, -0.15) is 4.31 Å². The van der Waals surface area contributed by atoms with Gasteiger partial charge < -0.3 is 10.6 Å². The number of nitrogens with zero attached hydrogens (tertiary/aromatic N) is 2. The van der Waals surface area contributed by atoms with E-state index in [9.17, 15) is 18.5 Å². The number of anilines is 2. The summed E-state index contributed by atoms with van der Waals surface area (Å²) in [4.78, 5) is 10.9. The number of hydrogen-bond donors (Lipinski definition) is 2. The van der Waals surface area contributed by atoms with Crippen molar-refractivity contribution in [1.82, 2.24) is 4.31 Å². The van der Waals surface area contributed by atoms with Gasteiger partial charge in [0.1, 0.15) is 5.66 Å². The van der Waals surface area contributed by atoms with Crippen LogP contribution in [0.2, 0.25) is 0 Å². The smallest absolute Gasteiger partial charge is 0.271 e. The summed E-state index contributed by atoms with van der Waals surface area (Å²) in [5, 5.41) is 17.7. The number of sulfonamides is 1. The molecule has 0 aromatic heterocycles. The van der Waals surface area contributed by atoms with Gasteiger partial charge in [0, 0.05) is 31.6 Å². The van der Waals surface area contributed by atoms with Crippen molar-refractivity contribution >= 4 is 27.1 Å². The normalized spacial score (nSPS) is 21.4. The Balaban J connectivity index is 1.46. The van der Waals surface area contributed by atoms with Crippen molar-refractivity contribution in [3.63, 3.8) is 0 Å². The number of nitrogens with one attached hydrogen (secondary N) is 2. The first-order valence-corrected chi connectivity index (χ1v) is 12.0. The molecule has 1 aliphatic carbocycles. The Bertz CT molecular complexity index is 1080. The topological polar surface area (TPSA) is 105 Å². The molecule has 2 aliphatic rings. The van der Waals surface area contributed by atoms with Crippen molar-refractivity contribution in [1.29, 1.82) is 0 Å². The van der Waals surface area contributed by atoms with E-state index in [1.165, 1.54) is 22.9 Å². The quantitative estimate of drug-likeness (QED) is 0.507. The maximum atomic E-state index is 13.0. The van der Waals surface area contributed by atoms with Gasteiger partial charge in [0.05, 0.1) is 21.2 Å². The summed E-state index contributed by atoms with van der Waals surface area (Å²) in [6.45, 7) is 1.97. The molecule has 2 aromatic carbocycles. The molecule has 4 rings (SSSR count). The zero-order valence-electron chi connectivity index (χ0n) is 17.8. The van der Waals surface area contributed by atoms with Gasteiger partial charge in [-0.05, 0) is 43.5 Å². The van der Waals surface area contributed by atoms with E-state index in [4.69, 9.17) is 0 Å². The van der Waals surface area contributed by atoms with Gasteiger partial charge in [-0.25, -0.2) is 8.42 Å². The first-order valence-electron chi connectivity index (χ1n) is 10.6. The lowest BCUT2D eigenvalue weighted by Gasteiger charge is -2.30. The lowest BCUT2D eigenvalue weighted by atomic mass is 9.96. The fourth-order valence-corrected chi connectivity index (χ4v) is 5.98. The highest BCUT2D eigenvalue weighted by Crippen LogP contribution is 2.38. The first kappa shape index (κ1) is 21.6. The monoisotopic (exact) mass is 444 g/mol. The predicted octanol–water partition coefficient (Wildman–Crippen LogP) is 4.34.